The van der Waals surface area contributed by atoms with Gasteiger partial charge in [-0.05, 0) is 39.7 Å². The zero-order chi connectivity index (χ0) is 14.3. The highest BCUT2D eigenvalue weighted by Crippen LogP contribution is 2.39. The summed E-state index contributed by atoms with van der Waals surface area (Å²) >= 11 is 15.6. The summed E-state index contributed by atoms with van der Waals surface area (Å²) < 4.78 is 20.3. The van der Waals surface area contributed by atoms with Gasteiger partial charge in [-0.15, -0.1) is 11.6 Å². The minimum absolute atomic E-state index is 0.291. The number of halogens is 4. The third-order valence-electron chi connectivity index (χ3n) is 3.34. The number of benzene rings is 2. The summed E-state index contributed by atoms with van der Waals surface area (Å²) in [6.07, 6.45) is 0.373. The first kappa shape index (κ1) is 14.2. The second kappa shape index (κ2) is 5.55. The molecular formula is C15H10BrCl2FO. The molecule has 0 saturated carbocycles. The highest BCUT2D eigenvalue weighted by Gasteiger charge is 2.31. The average Bonchev–Trinajstić information content (AvgIpc) is 2.86. The molecule has 2 unspecified atom stereocenters. The summed E-state index contributed by atoms with van der Waals surface area (Å²) in [5.74, 6) is 0.424. The lowest BCUT2D eigenvalue weighted by Gasteiger charge is -2.18. The van der Waals surface area contributed by atoms with Gasteiger partial charge in [-0.25, -0.2) is 4.39 Å². The van der Waals surface area contributed by atoms with Gasteiger partial charge in [0.15, 0.2) is 0 Å². The Morgan fingerprint density at radius 2 is 2.05 bits per heavy atom. The summed E-state index contributed by atoms with van der Waals surface area (Å²) in [6, 6.07) is 10.6. The lowest BCUT2D eigenvalue weighted by Crippen LogP contribution is -2.20. The van der Waals surface area contributed by atoms with E-state index in [-0.39, 0.29) is 11.9 Å². The highest BCUT2D eigenvalue weighted by molar-refractivity contribution is 9.10. The molecule has 2 atom stereocenters. The van der Waals surface area contributed by atoms with Crippen LogP contribution in [0.1, 0.15) is 16.5 Å². The number of alkyl halides is 1. The van der Waals surface area contributed by atoms with Gasteiger partial charge in [-0.3, -0.25) is 0 Å². The third kappa shape index (κ3) is 2.54. The van der Waals surface area contributed by atoms with E-state index in [0.717, 1.165) is 11.3 Å². The van der Waals surface area contributed by atoms with Crippen LogP contribution in [0.4, 0.5) is 4.39 Å². The maximum Gasteiger partial charge on any atom is 0.129 e. The summed E-state index contributed by atoms with van der Waals surface area (Å²) in [4.78, 5) is 0. The van der Waals surface area contributed by atoms with E-state index in [1.54, 1.807) is 6.07 Å². The molecule has 1 aliphatic rings. The summed E-state index contributed by atoms with van der Waals surface area (Å²) in [5, 5.41) is -0.157. The maximum atomic E-state index is 14.0. The van der Waals surface area contributed by atoms with Gasteiger partial charge in [-0.1, -0.05) is 29.8 Å². The van der Waals surface area contributed by atoms with Crippen molar-refractivity contribution in [3.63, 3.8) is 0 Å². The van der Waals surface area contributed by atoms with E-state index in [9.17, 15) is 4.39 Å². The Bertz CT molecular complexity index is 637. The van der Waals surface area contributed by atoms with Crippen LogP contribution in [0.25, 0.3) is 0 Å². The minimum atomic E-state index is -0.590. The Kier molecular flexibility index (Phi) is 3.93. The molecular weight excluding hydrogens is 366 g/mol. The van der Waals surface area contributed by atoms with Crippen molar-refractivity contribution in [1.29, 1.82) is 0 Å². The fourth-order valence-electron chi connectivity index (χ4n) is 2.32. The molecule has 20 heavy (non-hydrogen) atoms. The predicted octanol–water partition coefficient (Wildman–Crippen LogP) is 5.53. The Morgan fingerprint density at radius 1 is 1.30 bits per heavy atom. The van der Waals surface area contributed by atoms with Crippen LogP contribution in [0.2, 0.25) is 5.02 Å². The molecule has 2 aromatic carbocycles. The molecule has 0 N–H and O–H groups in total. The molecule has 0 spiro atoms. The highest BCUT2D eigenvalue weighted by atomic mass is 79.9. The summed E-state index contributed by atoms with van der Waals surface area (Å²) in [6.45, 7) is 0. The molecule has 3 rings (SSSR count). The lowest BCUT2D eigenvalue weighted by molar-refractivity contribution is 0.225. The zero-order valence-electron chi connectivity index (χ0n) is 10.2. The van der Waals surface area contributed by atoms with Crippen LogP contribution < -0.4 is 4.74 Å². The molecule has 1 nitrogen and oxygen atoms in total. The first-order valence-electron chi connectivity index (χ1n) is 6.09. The fourth-order valence-corrected chi connectivity index (χ4v) is 3.12. The van der Waals surface area contributed by atoms with Crippen LogP contribution in [-0.2, 0) is 6.42 Å². The van der Waals surface area contributed by atoms with E-state index in [2.05, 4.69) is 15.9 Å². The minimum Gasteiger partial charge on any atom is -0.488 e. The van der Waals surface area contributed by atoms with Gasteiger partial charge in [-0.2, -0.15) is 0 Å². The Morgan fingerprint density at radius 3 is 2.80 bits per heavy atom. The first-order chi connectivity index (χ1) is 9.56. The van der Waals surface area contributed by atoms with Crippen molar-refractivity contribution >= 4 is 39.1 Å². The fraction of sp³-hybridized carbons (Fsp3) is 0.200. The van der Waals surface area contributed by atoms with Crippen LogP contribution in [0, 0.1) is 5.82 Å². The van der Waals surface area contributed by atoms with Crippen LogP contribution in [0.3, 0.4) is 0 Å². The van der Waals surface area contributed by atoms with Crippen molar-refractivity contribution in [2.24, 2.45) is 0 Å². The van der Waals surface area contributed by atoms with Crippen molar-refractivity contribution in [2.75, 3.05) is 0 Å². The second-order valence-corrected chi connectivity index (χ2v) is 6.39. The molecule has 5 heteroatoms. The van der Waals surface area contributed by atoms with Gasteiger partial charge in [0.1, 0.15) is 17.7 Å². The lowest BCUT2D eigenvalue weighted by atomic mass is 10.0. The quantitative estimate of drug-likeness (QED) is 0.495. The number of ether oxygens (including phenoxy) is 1. The second-order valence-electron chi connectivity index (χ2n) is 4.66. The van der Waals surface area contributed by atoms with E-state index in [4.69, 9.17) is 27.9 Å². The maximum absolute atomic E-state index is 14.0. The Balaban J connectivity index is 1.88. The molecule has 0 aromatic heterocycles. The van der Waals surface area contributed by atoms with E-state index in [1.807, 2.05) is 24.3 Å². The average molecular weight is 376 g/mol. The summed E-state index contributed by atoms with van der Waals surface area (Å²) in [5.41, 5.74) is 1.45. The van der Waals surface area contributed by atoms with Gasteiger partial charge >= 0.3 is 0 Å². The van der Waals surface area contributed by atoms with E-state index >= 15 is 0 Å². The third-order valence-corrected chi connectivity index (χ3v) is 5.05. The molecule has 1 heterocycles. The largest absolute Gasteiger partial charge is 0.488 e. The van der Waals surface area contributed by atoms with Crippen LogP contribution >= 0.6 is 39.1 Å². The molecule has 1 aliphatic heterocycles. The van der Waals surface area contributed by atoms with Crippen LogP contribution in [0.15, 0.2) is 40.9 Å². The van der Waals surface area contributed by atoms with Crippen molar-refractivity contribution in [3.05, 3.63) is 62.8 Å². The molecule has 2 aromatic rings. The van der Waals surface area contributed by atoms with Crippen molar-refractivity contribution in [2.45, 2.75) is 17.9 Å². The van der Waals surface area contributed by atoms with E-state index < -0.39 is 5.38 Å². The van der Waals surface area contributed by atoms with Gasteiger partial charge in [0.25, 0.3) is 0 Å². The SMILES string of the molecule is Fc1cc(Br)c(Cl)cc1C(Cl)C1Cc2ccccc2O1. The Labute approximate surface area is 134 Å². The number of hydrogen-bond acceptors (Lipinski definition) is 1. The normalized spacial score (nSPS) is 18.5. The summed E-state index contributed by atoms with van der Waals surface area (Å²) in [7, 11) is 0. The monoisotopic (exact) mass is 374 g/mol. The Hall–Kier alpha value is -0.770. The number of hydrogen-bond donors (Lipinski definition) is 0. The molecule has 0 saturated heterocycles. The molecule has 0 fully saturated rings. The number of fused-ring (bicyclic) bond motifs is 1. The molecule has 0 bridgehead atoms. The van der Waals surface area contributed by atoms with Crippen LogP contribution in [-0.4, -0.2) is 6.10 Å². The zero-order valence-corrected chi connectivity index (χ0v) is 13.3. The first-order valence-corrected chi connectivity index (χ1v) is 7.70. The van der Waals surface area contributed by atoms with Gasteiger partial charge in [0.05, 0.1) is 10.4 Å². The van der Waals surface area contributed by atoms with E-state index in [1.165, 1.54) is 6.07 Å². The van der Waals surface area contributed by atoms with Crippen molar-refractivity contribution in [1.82, 2.24) is 0 Å². The van der Waals surface area contributed by atoms with E-state index in [0.29, 0.717) is 21.5 Å². The van der Waals surface area contributed by atoms with Crippen molar-refractivity contribution in [3.8, 4) is 5.75 Å². The molecule has 104 valence electrons. The van der Waals surface area contributed by atoms with Gasteiger partial charge in [0.2, 0.25) is 0 Å². The van der Waals surface area contributed by atoms with Gasteiger partial charge in [0, 0.05) is 16.5 Å². The predicted molar refractivity (Wildman–Crippen MR) is 82.3 cm³/mol. The molecule has 0 aliphatic carbocycles. The van der Waals surface area contributed by atoms with Crippen LogP contribution in [0.5, 0.6) is 5.75 Å². The van der Waals surface area contributed by atoms with Gasteiger partial charge < -0.3 is 4.74 Å². The molecule has 0 amide bonds. The number of rotatable bonds is 2. The topological polar surface area (TPSA) is 9.23 Å². The standard InChI is InChI=1S/C15H10BrCl2FO/c16-10-7-12(19)9(6-11(10)17)15(18)14-5-8-3-1-2-4-13(8)20-14/h1-4,6-7,14-15H,5H2. The smallest absolute Gasteiger partial charge is 0.129 e. The molecule has 0 radical (unpaired) electrons. The van der Waals surface area contributed by atoms with Crippen molar-refractivity contribution < 1.29 is 9.13 Å². The number of para-hydroxylation sites is 1.